The van der Waals surface area contributed by atoms with Crippen LogP contribution in [0.2, 0.25) is 0 Å². The van der Waals surface area contributed by atoms with Crippen molar-refractivity contribution in [3.05, 3.63) is 29.8 Å². The minimum Gasteiger partial charge on any atom is -0.444 e. The molecule has 4 nitrogen and oxygen atoms in total. The summed E-state index contributed by atoms with van der Waals surface area (Å²) in [5, 5.41) is 6.24. The van der Waals surface area contributed by atoms with Gasteiger partial charge in [-0.2, -0.15) is 11.8 Å². The average Bonchev–Trinajstić information content (AvgIpc) is 2.42. The van der Waals surface area contributed by atoms with Gasteiger partial charge in [0.2, 0.25) is 0 Å². The fourth-order valence-corrected chi connectivity index (χ4v) is 2.36. The van der Waals surface area contributed by atoms with Gasteiger partial charge >= 0.3 is 6.09 Å². The van der Waals surface area contributed by atoms with Crippen molar-refractivity contribution in [2.75, 3.05) is 23.9 Å². The molecule has 2 N–H and O–H groups in total. The lowest BCUT2D eigenvalue weighted by Crippen LogP contribution is -2.27. The number of carbonyl (C=O) groups is 1. The van der Waals surface area contributed by atoms with Crippen LogP contribution in [0, 0.1) is 0 Å². The Kier molecular flexibility index (Phi) is 7.76. The number of thioether (sulfide) groups is 1. The molecule has 0 aliphatic heterocycles. The van der Waals surface area contributed by atoms with Gasteiger partial charge in [0.1, 0.15) is 5.60 Å². The van der Waals surface area contributed by atoms with E-state index in [9.17, 15) is 4.79 Å². The van der Waals surface area contributed by atoms with E-state index in [1.807, 2.05) is 56.8 Å². The molecular formula is C17H28N2O2S. The SMILES string of the molecule is CSCCCNC(C)c1ccc(NC(=O)OC(C)(C)C)cc1. The van der Waals surface area contributed by atoms with E-state index in [0.29, 0.717) is 6.04 Å². The smallest absolute Gasteiger partial charge is 0.412 e. The number of hydrogen-bond donors (Lipinski definition) is 2. The largest absolute Gasteiger partial charge is 0.444 e. The van der Waals surface area contributed by atoms with E-state index in [2.05, 4.69) is 23.8 Å². The zero-order valence-corrected chi connectivity index (χ0v) is 15.0. The fourth-order valence-electron chi connectivity index (χ4n) is 1.93. The molecule has 0 saturated heterocycles. The molecule has 1 aromatic carbocycles. The van der Waals surface area contributed by atoms with Crippen LogP contribution >= 0.6 is 11.8 Å². The van der Waals surface area contributed by atoms with Crippen LogP contribution in [0.25, 0.3) is 0 Å². The molecule has 5 heteroatoms. The van der Waals surface area contributed by atoms with E-state index in [0.717, 1.165) is 12.2 Å². The van der Waals surface area contributed by atoms with Crippen LogP contribution in [0.3, 0.4) is 0 Å². The molecule has 0 aliphatic rings. The maximum atomic E-state index is 11.7. The Balaban J connectivity index is 2.47. The summed E-state index contributed by atoms with van der Waals surface area (Å²) in [6.45, 7) is 8.70. The molecule has 0 heterocycles. The minimum atomic E-state index is -0.487. The van der Waals surface area contributed by atoms with Gasteiger partial charge in [0.15, 0.2) is 0 Å². The van der Waals surface area contributed by atoms with Gasteiger partial charge in [0.05, 0.1) is 0 Å². The van der Waals surface area contributed by atoms with Gasteiger partial charge in [-0.3, -0.25) is 5.32 Å². The van der Waals surface area contributed by atoms with Crippen molar-refractivity contribution in [2.45, 2.75) is 45.8 Å². The Hall–Kier alpha value is -1.20. The number of amides is 1. The zero-order valence-electron chi connectivity index (χ0n) is 14.2. The fraction of sp³-hybridized carbons (Fsp3) is 0.588. The third kappa shape index (κ3) is 7.71. The van der Waals surface area contributed by atoms with Gasteiger partial charge < -0.3 is 10.1 Å². The van der Waals surface area contributed by atoms with Crippen LogP contribution in [0.4, 0.5) is 10.5 Å². The molecule has 22 heavy (non-hydrogen) atoms. The van der Waals surface area contributed by atoms with Gasteiger partial charge in [0.25, 0.3) is 0 Å². The Bertz CT molecular complexity index is 455. The highest BCUT2D eigenvalue weighted by atomic mass is 32.2. The Labute approximate surface area is 138 Å². The van der Waals surface area contributed by atoms with Crippen molar-refractivity contribution >= 4 is 23.5 Å². The third-order valence-corrected chi connectivity index (χ3v) is 3.73. The first-order valence-corrected chi connectivity index (χ1v) is 9.03. The summed E-state index contributed by atoms with van der Waals surface area (Å²) in [5.74, 6) is 1.18. The van der Waals surface area contributed by atoms with Crippen LogP contribution in [0.1, 0.15) is 45.7 Å². The molecule has 1 rings (SSSR count). The van der Waals surface area contributed by atoms with Crippen molar-refractivity contribution in [1.82, 2.24) is 5.32 Å². The molecule has 1 aromatic rings. The van der Waals surface area contributed by atoms with Crippen LogP contribution in [-0.2, 0) is 4.74 Å². The number of carbonyl (C=O) groups excluding carboxylic acids is 1. The lowest BCUT2D eigenvalue weighted by atomic mass is 10.1. The van der Waals surface area contributed by atoms with E-state index in [4.69, 9.17) is 4.74 Å². The Morgan fingerprint density at radius 3 is 2.45 bits per heavy atom. The first-order valence-electron chi connectivity index (χ1n) is 7.64. The van der Waals surface area contributed by atoms with E-state index in [1.54, 1.807) is 0 Å². The van der Waals surface area contributed by atoms with Crippen LogP contribution < -0.4 is 10.6 Å². The predicted molar refractivity (Wildman–Crippen MR) is 95.7 cm³/mol. The molecular weight excluding hydrogens is 296 g/mol. The minimum absolute atomic E-state index is 0.303. The summed E-state index contributed by atoms with van der Waals surface area (Å²) in [7, 11) is 0. The van der Waals surface area contributed by atoms with Gasteiger partial charge in [-0.05, 0) is 70.4 Å². The van der Waals surface area contributed by atoms with Gasteiger partial charge in [-0.25, -0.2) is 4.79 Å². The standard InChI is InChI=1S/C17H28N2O2S/c1-13(18-11-6-12-22-5)14-7-9-15(10-8-14)19-16(20)21-17(2,3)4/h7-10,13,18H,6,11-12H2,1-5H3,(H,19,20). The Morgan fingerprint density at radius 1 is 1.27 bits per heavy atom. The maximum Gasteiger partial charge on any atom is 0.412 e. The maximum absolute atomic E-state index is 11.7. The summed E-state index contributed by atoms with van der Waals surface area (Å²) < 4.78 is 5.23. The highest BCUT2D eigenvalue weighted by Gasteiger charge is 2.16. The van der Waals surface area contributed by atoms with Crippen molar-refractivity contribution in [1.29, 1.82) is 0 Å². The normalized spacial score (nSPS) is 12.8. The molecule has 0 radical (unpaired) electrons. The number of rotatable bonds is 7. The average molecular weight is 324 g/mol. The van der Waals surface area contributed by atoms with Gasteiger partial charge in [-0.1, -0.05) is 12.1 Å². The molecule has 0 aromatic heterocycles. The van der Waals surface area contributed by atoms with E-state index >= 15 is 0 Å². The molecule has 0 aliphatic carbocycles. The molecule has 124 valence electrons. The van der Waals surface area contributed by atoms with Crippen molar-refractivity contribution in [3.8, 4) is 0 Å². The predicted octanol–water partition coefficient (Wildman–Crippen LogP) is 4.44. The quantitative estimate of drug-likeness (QED) is 0.728. The van der Waals surface area contributed by atoms with E-state index in [-0.39, 0.29) is 0 Å². The third-order valence-electron chi connectivity index (χ3n) is 3.03. The monoisotopic (exact) mass is 324 g/mol. The van der Waals surface area contributed by atoms with Crippen LogP contribution in [0.5, 0.6) is 0 Å². The zero-order chi connectivity index (χ0) is 16.6. The molecule has 1 unspecified atom stereocenters. The molecule has 0 bridgehead atoms. The lowest BCUT2D eigenvalue weighted by molar-refractivity contribution is 0.0636. The first kappa shape index (κ1) is 18.8. The summed E-state index contributed by atoms with van der Waals surface area (Å²) in [5.41, 5.74) is 1.46. The second-order valence-electron chi connectivity index (χ2n) is 6.27. The Morgan fingerprint density at radius 2 is 1.91 bits per heavy atom. The number of ether oxygens (including phenoxy) is 1. The highest BCUT2D eigenvalue weighted by Crippen LogP contribution is 2.17. The molecule has 0 fully saturated rings. The van der Waals surface area contributed by atoms with Crippen molar-refractivity contribution in [3.63, 3.8) is 0 Å². The van der Waals surface area contributed by atoms with Crippen LogP contribution in [0.15, 0.2) is 24.3 Å². The highest BCUT2D eigenvalue weighted by molar-refractivity contribution is 7.98. The topological polar surface area (TPSA) is 50.4 Å². The van der Waals surface area contributed by atoms with Crippen LogP contribution in [-0.4, -0.2) is 30.2 Å². The van der Waals surface area contributed by atoms with Crippen molar-refractivity contribution in [2.24, 2.45) is 0 Å². The molecule has 0 saturated carbocycles. The summed E-state index contributed by atoms with van der Waals surface area (Å²) in [6.07, 6.45) is 2.87. The van der Waals surface area contributed by atoms with E-state index in [1.165, 1.54) is 17.7 Å². The second kappa shape index (κ2) is 9.06. The number of benzene rings is 1. The molecule has 1 atom stereocenters. The summed E-state index contributed by atoms with van der Waals surface area (Å²) in [6, 6.07) is 8.16. The first-order chi connectivity index (χ1) is 10.3. The summed E-state index contributed by atoms with van der Waals surface area (Å²) in [4.78, 5) is 11.7. The van der Waals surface area contributed by atoms with Crippen molar-refractivity contribution < 1.29 is 9.53 Å². The van der Waals surface area contributed by atoms with Gasteiger partial charge in [-0.15, -0.1) is 0 Å². The summed E-state index contributed by atoms with van der Waals surface area (Å²) >= 11 is 1.87. The number of anilines is 1. The molecule has 1 amide bonds. The molecule has 0 spiro atoms. The lowest BCUT2D eigenvalue weighted by Gasteiger charge is -2.20. The van der Waals surface area contributed by atoms with E-state index < -0.39 is 11.7 Å². The second-order valence-corrected chi connectivity index (χ2v) is 7.26. The van der Waals surface area contributed by atoms with Gasteiger partial charge in [0, 0.05) is 11.7 Å². The number of nitrogens with one attached hydrogen (secondary N) is 2. The number of hydrogen-bond acceptors (Lipinski definition) is 4.